The van der Waals surface area contributed by atoms with Crippen LogP contribution in [0.15, 0.2) is 30.5 Å². The topological polar surface area (TPSA) is 91.2 Å². The van der Waals surface area contributed by atoms with Crippen LogP contribution in [0.4, 0.5) is 4.39 Å². The Hall–Kier alpha value is -2.81. The van der Waals surface area contributed by atoms with Gasteiger partial charge in [-0.2, -0.15) is 5.10 Å². The number of Topliss-reactive ketones (excluding diaryl/α,β-unsaturated/α-hetero) is 1. The Balaban J connectivity index is 1.51. The van der Waals surface area contributed by atoms with Gasteiger partial charge < -0.3 is 4.74 Å². The molecule has 34 heavy (non-hydrogen) atoms. The highest BCUT2D eigenvalue weighted by molar-refractivity contribution is 7.92. The molecule has 1 aliphatic carbocycles. The van der Waals surface area contributed by atoms with Crippen molar-refractivity contribution in [3.63, 3.8) is 0 Å². The van der Waals surface area contributed by atoms with Crippen molar-refractivity contribution in [3.8, 4) is 17.0 Å². The molecule has 5 rings (SSSR count). The van der Waals surface area contributed by atoms with Gasteiger partial charge in [-0.25, -0.2) is 12.8 Å². The molecule has 2 fully saturated rings. The molecule has 2 aliphatic rings. The first-order valence-corrected chi connectivity index (χ1v) is 13.4. The Bertz CT molecular complexity index is 1380. The number of aromatic nitrogens is 3. The van der Waals surface area contributed by atoms with Gasteiger partial charge in [0.05, 0.1) is 23.1 Å². The lowest BCUT2D eigenvalue weighted by atomic mass is 9.86. The number of rotatable bonds is 7. The number of nitrogens with zero attached hydrogens (tertiary/aromatic N) is 3. The molecule has 2 aromatic heterocycles. The zero-order valence-corrected chi connectivity index (χ0v) is 20.4. The van der Waals surface area contributed by atoms with Crippen molar-refractivity contribution < 1.29 is 22.3 Å². The highest BCUT2D eigenvalue weighted by Crippen LogP contribution is 2.38. The Morgan fingerprint density at radius 1 is 1.26 bits per heavy atom. The molecule has 9 heteroatoms. The minimum absolute atomic E-state index is 0.0219. The number of hydrogen-bond acceptors (Lipinski definition) is 6. The summed E-state index contributed by atoms with van der Waals surface area (Å²) in [5.74, 6) is 0.0651. The van der Waals surface area contributed by atoms with Gasteiger partial charge in [0.25, 0.3) is 0 Å². The lowest BCUT2D eigenvalue weighted by Gasteiger charge is -2.37. The summed E-state index contributed by atoms with van der Waals surface area (Å²) in [6, 6.07) is 6.36. The summed E-state index contributed by atoms with van der Waals surface area (Å²) in [5, 5.41) is 4.66. The first kappa shape index (κ1) is 23.0. The van der Waals surface area contributed by atoms with Crippen molar-refractivity contribution in [1.82, 2.24) is 14.8 Å². The summed E-state index contributed by atoms with van der Waals surface area (Å²) in [5.41, 5.74) is 1.69. The third-order valence-electron chi connectivity index (χ3n) is 6.63. The minimum atomic E-state index is -3.04. The summed E-state index contributed by atoms with van der Waals surface area (Å²) in [4.78, 5) is 17.5. The number of pyridine rings is 1. The van der Waals surface area contributed by atoms with E-state index in [1.807, 2.05) is 20.8 Å². The molecule has 1 saturated heterocycles. The van der Waals surface area contributed by atoms with Crippen molar-refractivity contribution in [2.24, 2.45) is 5.41 Å². The summed E-state index contributed by atoms with van der Waals surface area (Å²) < 4.78 is 45.8. The first-order chi connectivity index (χ1) is 16.0. The molecule has 0 bridgehead atoms. The van der Waals surface area contributed by atoms with Crippen molar-refractivity contribution >= 4 is 26.7 Å². The predicted octanol–water partition coefficient (Wildman–Crippen LogP) is 4.76. The number of fused-ring (bicyclic) bond motifs is 1. The lowest BCUT2D eigenvalue weighted by molar-refractivity contribution is 0.0936. The number of benzene rings is 1. The molecule has 0 amide bonds. The third kappa shape index (κ3) is 4.21. The monoisotopic (exact) mass is 485 g/mol. The van der Waals surface area contributed by atoms with E-state index in [1.54, 1.807) is 22.9 Å². The number of ether oxygens (including phenoxy) is 1. The molecule has 0 atom stereocenters. The van der Waals surface area contributed by atoms with Crippen LogP contribution in [0.5, 0.6) is 5.75 Å². The number of ketones is 1. The molecule has 0 N–H and O–H groups in total. The normalized spacial score (nSPS) is 19.1. The molecule has 0 radical (unpaired) electrons. The van der Waals surface area contributed by atoms with Crippen LogP contribution in [-0.4, -0.2) is 46.6 Å². The molecule has 7 nitrogen and oxygen atoms in total. The van der Waals surface area contributed by atoms with Crippen LogP contribution in [0.25, 0.3) is 22.3 Å². The second kappa shape index (κ2) is 8.15. The maximum absolute atomic E-state index is 14.9. The average molecular weight is 486 g/mol. The second-order valence-electron chi connectivity index (χ2n) is 10.2. The second-order valence-corrected chi connectivity index (χ2v) is 12.3. The van der Waals surface area contributed by atoms with Gasteiger partial charge in [0.1, 0.15) is 22.8 Å². The summed E-state index contributed by atoms with van der Waals surface area (Å²) in [7, 11) is -3.04. The van der Waals surface area contributed by atoms with Crippen LogP contribution in [-0.2, 0) is 9.84 Å². The third-order valence-corrected chi connectivity index (χ3v) is 8.90. The Labute approximate surface area is 198 Å². The molecule has 0 spiro atoms. The molecule has 1 saturated carbocycles. The summed E-state index contributed by atoms with van der Waals surface area (Å²) in [6.45, 7) is 5.73. The van der Waals surface area contributed by atoms with E-state index in [0.717, 1.165) is 19.3 Å². The van der Waals surface area contributed by atoms with Gasteiger partial charge in [-0.05, 0) is 57.4 Å². The van der Waals surface area contributed by atoms with Crippen molar-refractivity contribution in [3.05, 3.63) is 41.8 Å². The molecule has 0 unspecified atom stereocenters. The van der Waals surface area contributed by atoms with E-state index in [4.69, 9.17) is 4.74 Å². The number of sulfone groups is 1. The fourth-order valence-corrected chi connectivity index (χ4v) is 7.04. The van der Waals surface area contributed by atoms with Gasteiger partial charge in [0.15, 0.2) is 15.6 Å². The zero-order chi connectivity index (χ0) is 24.3. The van der Waals surface area contributed by atoms with Crippen LogP contribution in [0, 0.1) is 11.2 Å². The molecule has 180 valence electrons. The number of hydrogen-bond donors (Lipinski definition) is 0. The van der Waals surface area contributed by atoms with Gasteiger partial charge in [-0.1, -0.05) is 6.92 Å². The average Bonchev–Trinajstić information content (AvgIpc) is 3.09. The fraction of sp³-hybridized carbons (Fsp3) is 0.480. The van der Waals surface area contributed by atoms with Crippen LogP contribution >= 0.6 is 0 Å². The molecule has 1 aliphatic heterocycles. The van der Waals surface area contributed by atoms with E-state index in [2.05, 4.69) is 10.1 Å². The molecular formula is C25H28FN3O4S. The van der Waals surface area contributed by atoms with Crippen LogP contribution < -0.4 is 4.74 Å². The maximum Gasteiger partial charge on any atom is 0.165 e. The number of halogens is 1. The standard InChI is InChI=1S/C25H28FN3O4S/c1-15(2)29-21-9-16(22(30)11-25(3)13-34(31,32)14-25)12-27-24(21)23(28-29)19-10-18(7-8-20(19)26)33-17-5-4-6-17/h7-10,12,15,17H,4-6,11,13-14H2,1-3H3. The van der Waals surface area contributed by atoms with Gasteiger partial charge in [0, 0.05) is 35.2 Å². The van der Waals surface area contributed by atoms with Crippen molar-refractivity contribution in [2.75, 3.05) is 11.5 Å². The van der Waals surface area contributed by atoms with Gasteiger partial charge in [-0.15, -0.1) is 0 Å². The first-order valence-electron chi connectivity index (χ1n) is 11.6. The van der Waals surface area contributed by atoms with E-state index < -0.39 is 21.1 Å². The van der Waals surface area contributed by atoms with Crippen LogP contribution in [0.3, 0.4) is 0 Å². The molecule has 1 aromatic carbocycles. The fourth-order valence-electron chi connectivity index (χ4n) is 4.80. The van der Waals surface area contributed by atoms with E-state index >= 15 is 0 Å². The van der Waals surface area contributed by atoms with Crippen molar-refractivity contribution in [1.29, 1.82) is 0 Å². The van der Waals surface area contributed by atoms with Crippen molar-refractivity contribution in [2.45, 2.75) is 58.6 Å². The largest absolute Gasteiger partial charge is 0.490 e. The number of carbonyl (C=O) groups is 1. The highest BCUT2D eigenvalue weighted by atomic mass is 32.2. The van der Waals surface area contributed by atoms with Crippen LogP contribution in [0.1, 0.15) is 62.9 Å². The Morgan fingerprint density at radius 3 is 2.62 bits per heavy atom. The quantitative estimate of drug-likeness (QED) is 0.448. The van der Waals surface area contributed by atoms with Gasteiger partial charge in [-0.3, -0.25) is 14.5 Å². The van der Waals surface area contributed by atoms with Gasteiger partial charge >= 0.3 is 0 Å². The smallest absolute Gasteiger partial charge is 0.165 e. The van der Waals surface area contributed by atoms with Gasteiger partial charge in [0.2, 0.25) is 0 Å². The highest BCUT2D eigenvalue weighted by Gasteiger charge is 2.45. The van der Waals surface area contributed by atoms with E-state index in [0.29, 0.717) is 33.6 Å². The Kier molecular flexibility index (Phi) is 5.50. The Morgan fingerprint density at radius 2 is 2.00 bits per heavy atom. The van der Waals surface area contributed by atoms with E-state index in [-0.39, 0.29) is 35.9 Å². The number of carbonyl (C=O) groups excluding carboxylic acids is 1. The SMILES string of the molecule is CC(C)n1nc(-c2cc(OC3CCC3)ccc2F)c2ncc(C(=O)CC3(C)CS(=O)(=O)C3)cc21. The molecular weight excluding hydrogens is 457 g/mol. The summed E-state index contributed by atoms with van der Waals surface area (Å²) >= 11 is 0. The van der Waals surface area contributed by atoms with Crippen LogP contribution in [0.2, 0.25) is 0 Å². The lowest BCUT2D eigenvalue weighted by Crippen LogP contribution is -2.47. The summed E-state index contributed by atoms with van der Waals surface area (Å²) in [6.07, 6.45) is 4.92. The maximum atomic E-state index is 14.9. The van der Waals surface area contributed by atoms with E-state index in [9.17, 15) is 17.6 Å². The van der Waals surface area contributed by atoms with E-state index in [1.165, 1.54) is 12.3 Å². The minimum Gasteiger partial charge on any atom is -0.490 e. The zero-order valence-electron chi connectivity index (χ0n) is 19.5. The molecule has 3 heterocycles. The predicted molar refractivity (Wildman–Crippen MR) is 127 cm³/mol. The molecule has 3 aromatic rings.